The molecule has 0 radical (unpaired) electrons. The summed E-state index contributed by atoms with van der Waals surface area (Å²) in [6.07, 6.45) is 8.46. The second-order valence-electron chi connectivity index (χ2n) is 7.09. The largest absolute Gasteiger partial charge is 0.345 e. The molecule has 2 fully saturated rings. The molecule has 0 amide bonds. The van der Waals surface area contributed by atoms with Crippen LogP contribution in [0.15, 0.2) is 5.38 Å². The number of aromatic nitrogens is 1. The zero-order valence-corrected chi connectivity index (χ0v) is 14.3. The molecule has 2 heterocycles. The fourth-order valence-corrected chi connectivity index (χ4v) is 4.77. The lowest BCUT2D eigenvalue weighted by atomic mass is 9.78. The molecular weight excluding hydrogens is 278 g/mol. The molecule has 1 aromatic rings. The molecular formula is C17H29N3S. The Kier molecular flexibility index (Phi) is 5.17. The summed E-state index contributed by atoms with van der Waals surface area (Å²) in [5.74, 6) is 1.63. The van der Waals surface area contributed by atoms with Gasteiger partial charge in [-0.2, -0.15) is 0 Å². The van der Waals surface area contributed by atoms with Gasteiger partial charge in [-0.1, -0.05) is 26.7 Å². The van der Waals surface area contributed by atoms with Crippen molar-refractivity contribution < 1.29 is 0 Å². The minimum absolute atomic E-state index is 0.702. The molecule has 21 heavy (non-hydrogen) atoms. The summed E-state index contributed by atoms with van der Waals surface area (Å²) in [6.45, 7) is 7.69. The Hall–Kier alpha value is -0.610. The maximum atomic E-state index is 4.90. The fraction of sp³-hybridized carbons (Fsp3) is 0.824. The Labute approximate surface area is 133 Å². The van der Waals surface area contributed by atoms with E-state index in [4.69, 9.17) is 4.98 Å². The zero-order valence-electron chi connectivity index (χ0n) is 13.5. The highest BCUT2D eigenvalue weighted by molar-refractivity contribution is 7.13. The zero-order chi connectivity index (χ0) is 14.7. The lowest BCUT2D eigenvalue weighted by Crippen LogP contribution is -2.46. The summed E-state index contributed by atoms with van der Waals surface area (Å²) < 4.78 is 0. The van der Waals surface area contributed by atoms with Crippen LogP contribution >= 0.6 is 11.3 Å². The van der Waals surface area contributed by atoms with Crippen LogP contribution in [-0.2, 0) is 6.54 Å². The van der Waals surface area contributed by atoms with Gasteiger partial charge in [0.1, 0.15) is 0 Å². The Balaban J connectivity index is 1.61. The highest BCUT2D eigenvalue weighted by atomic mass is 32.1. The second kappa shape index (κ2) is 7.10. The lowest BCUT2D eigenvalue weighted by Gasteiger charge is -2.44. The maximum absolute atomic E-state index is 4.90. The Bertz CT molecular complexity index is 441. The normalized spacial score (nSPS) is 26.1. The molecule has 118 valence electrons. The third kappa shape index (κ3) is 3.78. The molecule has 1 saturated heterocycles. The van der Waals surface area contributed by atoms with E-state index in [1.807, 2.05) is 11.3 Å². The van der Waals surface area contributed by atoms with E-state index in [1.54, 1.807) is 0 Å². The van der Waals surface area contributed by atoms with Gasteiger partial charge < -0.3 is 10.2 Å². The van der Waals surface area contributed by atoms with Crippen LogP contribution in [0.3, 0.4) is 0 Å². The summed E-state index contributed by atoms with van der Waals surface area (Å²) in [4.78, 5) is 7.53. The number of hydrogen-bond acceptors (Lipinski definition) is 4. The van der Waals surface area contributed by atoms with E-state index in [1.165, 1.54) is 55.9 Å². The van der Waals surface area contributed by atoms with Crippen LogP contribution in [0, 0.1) is 11.8 Å². The van der Waals surface area contributed by atoms with Gasteiger partial charge in [0.25, 0.3) is 0 Å². The monoisotopic (exact) mass is 307 g/mol. The van der Waals surface area contributed by atoms with E-state index in [0.29, 0.717) is 5.92 Å². The first-order valence-electron chi connectivity index (χ1n) is 8.66. The number of nitrogens with zero attached hydrogens (tertiary/aromatic N) is 2. The Morgan fingerprint density at radius 3 is 2.95 bits per heavy atom. The first-order chi connectivity index (χ1) is 10.2. The van der Waals surface area contributed by atoms with Crippen LogP contribution in [0.25, 0.3) is 0 Å². The van der Waals surface area contributed by atoms with Crippen LogP contribution in [0.5, 0.6) is 0 Å². The summed E-state index contributed by atoms with van der Waals surface area (Å²) in [5.41, 5.74) is 1.22. The van der Waals surface area contributed by atoms with Crippen LogP contribution in [0.2, 0.25) is 0 Å². The smallest absolute Gasteiger partial charge is 0.185 e. The highest BCUT2D eigenvalue weighted by Gasteiger charge is 2.34. The summed E-state index contributed by atoms with van der Waals surface area (Å²) in [5, 5.41) is 7.02. The molecule has 2 aliphatic rings. The fourth-order valence-electron chi connectivity index (χ4n) is 3.86. The van der Waals surface area contributed by atoms with E-state index >= 15 is 0 Å². The number of piperidine rings is 1. The molecule has 1 saturated carbocycles. The van der Waals surface area contributed by atoms with Crippen LogP contribution in [-0.4, -0.2) is 24.1 Å². The van der Waals surface area contributed by atoms with Gasteiger partial charge in [0.2, 0.25) is 0 Å². The lowest BCUT2D eigenvalue weighted by molar-refractivity contribution is 0.243. The van der Waals surface area contributed by atoms with Crippen LogP contribution < -0.4 is 10.2 Å². The molecule has 2 atom stereocenters. The third-order valence-electron chi connectivity index (χ3n) is 4.89. The van der Waals surface area contributed by atoms with Crippen LogP contribution in [0.1, 0.15) is 58.1 Å². The number of hydrogen-bond donors (Lipinski definition) is 1. The van der Waals surface area contributed by atoms with Gasteiger partial charge in [-0.3, -0.25) is 0 Å². The molecule has 1 aromatic heterocycles. The molecule has 0 spiro atoms. The van der Waals surface area contributed by atoms with Gasteiger partial charge in [-0.15, -0.1) is 11.3 Å². The van der Waals surface area contributed by atoms with Crippen molar-refractivity contribution in [2.24, 2.45) is 11.8 Å². The van der Waals surface area contributed by atoms with E-state index in [2.05, 4.69) is 29.4 Å². The van der Waals surface area contributed by atoms with E-state index in [9.17, 15) is 0 Å². The van der Waals surface area contributed by atoms with Crippen molar-refractivity contribution >= 4 is 16.5 Å². The van der Waals surface area contributed by atoms with Crippen molar-refractivity contribution in [3.05, 3.63) is 11.1 Å². The van der Waals surface area contributed by atoms with Gasteiger partial charge in [0.05, 0.1) is 5.69 Å². The van der Waals surface area contributed by atoms with Gasteiger partial charge in [0.15, 0.2) is 5.13 Å². The summed E-state index contributed by atoms with van der Waals surface area (Å²) in [7, 11) is 0. The van der Waals surface area contributed by atoms with E-state index in [-0.39, 0.29) is 0 Å². The van der Waals surface area contributed by atoms with Gasteiger partial charge in [-0.05, 0) is 44.1 Å². The van der Waals surface area contributed by atoms with Gasteiger partial charge in [0, 0.05) is 24.5 Å². The number of rotatable bonds is 5. The predicted octanol–water partition coefficient (Wildman–Crippen LogP) is 4.05. The van der Waals surface area contributed by atoms with Crippen molar-refractivity contribution in [1.82, 2.24) is 10.3 Å². The molecule has 0 aromatic carbocycles. The van der Waals surface area contributed by atoms with Crippen molar-refractivity contribution in [1.29, 1.82) is 0 Å². The van der Waals surface area contributed by atoms with Crippen molar-refractivity contribution in [3.63, 3.8) is 0 Å². The topological polar surface area (TPSA) is 28.2 Å². The Morgan fingerprint density at radius 1 is 1.29 bits per heavy atom. The third-order valence-corrected chi connectivity index (χ3v) is 5.81. The molecule has 1 aliphatic carbocycles. The van der Waals surface area contributed by atoms with Gasteiger partial charge in [-0.25, -0.2) is 4.98 Å². The molecule has 1 aliphatic heterocycles. The summed E-state index contributed by atoms with van der Waals surface area (Å²) in [6, 6.07) is 0.773. The Morgan fingerprint density at radius 2 is 2.10 bits per heavy atom. The minimum Gasteiger partial charge on any atom is -0.345 e. The number of anilines is 1. The SMILES string of the molecule is CC(C)CNCc1csc(N2CCCC3CCCCC32)n1. The van der Waals surface area contributed by atoms with Crippen molar-refractivity contribution in [2.75, 3.05) is 18.0 Å². The standard InChI is InChI=1S/C17H29N3S/c1-13(2)10-18-11-15-12-21-17(19-15)20-9-5-7-14-6-3-4-8-16(14)20/h12-14,16,18H,3-11H2,1-2H3. The summed E-state index contributed by atoms with van der Waals surface area (Å²) >= 11 is 1.85. The minimum atomic E-state index is 0.702. The molecule has 3 nitrogen and oxygen atoms in total. The van der Waals surface area contributed by atoms with Crippen LogP contribution in [0.4, 0.5) is 5.13 Å². The first kappa shape index (κ1) is 15.3. The van der Waals surface area contributed by atoms with E-state index in [0.717, 1.165) is 25.0 Å². The number of thiazole rings is 1. The second-order valence-corrected chi connectivity index (χ2v) is 7.93. The number of fused-ring (bicyclic) bond motifs is 1. The number of nitrogens with one attached hydrogen (secondary N) is 1. The molecule has 0 bridgehead atoms. The van der Waals surface area contributed by atoms with Crippen molar-refractivity contribution in [3.8, 4) is 0 Å². The molecule has 3 rings (SSSR count). The quantitative estimate of drug-likeness (QED) is 0.889. The average molecular weight is 308 g/mol. The highest BCUT2D eigenvalue weighted by Crippen LogP contribution is 2.38. The van der Waals surface area contributed by atoms with Gasteiger partial charge >= 0.3 is 0 Å². The maximum Gasteiger partial charge on any atom is 0.185 e. The molecule has 4 heteroatoms. The first-order valence-corrected chi connectivity index (χ1v) is 9.54. The van der Waals surface area contributed by atoms with E-state index < -0.39 is 0 Å². The van der Waals surface area contributed by atoms with Crippen molar-refractivity contribution in [2.45, 2.75) is 65.0 Å². The molecule has 1 N–H and O–H groups in total. The average Bonchev–Trinajstić information content (AvgIpc) is 2.95. The molecule has 2 unspecified atom stereocenters. The predicted molar refractivity (Wildman–Crippen MR) is 91.0 cm³/mol.